The summed E-state index contributed by atoms with van der Waals surface area (Å²) in [5.41, 5.74) is 0.229. The highest BCUT2D eigenvalue weighted by Gasteiger charge is 2.19. The molecule has 0 heterocycles. The van der Waals surface area contributed by atoms with Crippen LogP contribution in [0.1, 0.15) is 5.56 Å². The number of benzene rings is 2. The molecule has 0 atom stereocenters. The molecule has 2 N–H and O–H groups in total. The highest BCUT2D eigenvalue weighted by Crippen LogP contribution is 2.30. The van der Waals surface area contributed by atoms with Crippen molar-refractivity contribution in [2.45, 2.75) is 4.90 Å². The fourth-order valence-corrected chi connectivity index (χ4v) is 2.81. The number of anilines is 1. The van der Waals surface area contributed by atoms with E-state index in [9.17, 15) is 13.5 Å². The van der Waals surface area contributed by atoms with E-state index < -0.39 is 10.0 Å². The van der Waals surface area contributed by atoms with Gasteiger partial charge in [-0.1, -0.05) is 6.07 Å². The number of sulfonamides is 1. The lowest BCUT2D eigenvalue weighted by atomic mass is 10.2. The third kappa shape index (κ3) is 3.07. The van der Waals surface area contributed by atoms with Gasteiger partial charge in [0.25, 0.3) is 10.0 Å². The molecule has 0 spiro atoms. The van der Waals surface area contributed by atoms with Crippen molar-refractivity contribution in [2.24, 2.45) is 0 Å². The Morgan fingerprint density at radius 2 is 1.86 bits per heavy atom. The van der Waals surface area contributed by atoms with Crippen LogP contribution >= 0.6 is 0 Å². The number of rotatable bonds is 4. The van der Waals surface area contributed by atoms with Crippen LogP contribution in [0.4, 0.5) is 5.69 Å². The third-order valence-corrected chi connectivity index (χ3v) is 4.12. The summed E-state index contributed by atoms with van der Waals surface area (Å²) in [6.45, 7) is 0. The molecule has 0 saturated carbocycles. The average molecular weight is 304 g/mol. The van der Waals surface area contributed by atoms with Crippen LogP contribution in [0.2, 0.25) is 0 Å². The number of hydrogen-bond acceptors (Lipinski definition) is 5. The maximum Gasteiger partial charge on any atom is 0.262 e. The second-order valence-electron chi connectivity index (χ2n) is 4.09. The van der Waals surface area contributed by atoms with Crippen molar-refractivity contribution in [3.63, 3.8) is 0 Å². The Balaban J connectivity index is 2.46. The lowest BCUT2D eigenvalue weighted by molar-refractivity contribution is 0.416. The Kier molecular flexibility index (Phi) is 4.00. The van der Waals surface area contributed by atoms with Crippen LogP contribution < -0.4 is 9.46 Å². The van der Waals surface area contributed by atoms with Crippen LogP contribution in [-0.2, 0) is 10.0 Å². The van der Waals surface area contributed by atoms with Crippen LogP contribution in [0.3, 0.4) is 0 Å². The van der Waals surface area contributed by atoms with Crippen molar-refractivity contribution in [1.29, 1.82) is 5.26 Å². The van der Waals surface area contributed by atoms with Crippen molar-refractivity contribution >= 4 is 15.7 Å². The van der Waals surface area contributed by atoms with E-state index in [0.717, 1.165) is 0 Å². The van der Waals surface area contributed by atoms with Gasteiger partial charge in [-0.05, 0) is 36.4 Å². The topological polar surface area (TPSA) is 99.4 Å². The highest BCUT2D eigenvalue weighted by molar-refractivity contribution is 7.92. The summed E-state index contributed by atoms with van der Waals surface area (Å²) in [5.74, 6) is 0.209. The number of nitrogens with zero attached hydrogens (tertiary/aromatic N) is 1. The van der Waals surface area contributed by atoms with E-state index in [4.69, 9.17) is 10.00 Å². The summed E-state index contributed by atoms with van der Waals surface area (Å²) in [6.07, 6.45) is 0. The summed E-state index contributed by atoms with van der Waals surface area (Å²) in [4.78, 5) is -0.0323. The zero-order valence-corrected chi connectivity index (χ0v) is 11.9. The first-order valence-electron chi connectivity index (χ1n) is 5.87. The van der Waals surface area contributed by atoms with Crippen LogP contribution in [0, 0.1) is 11.3 Å². The zero-order valence-electron chi connectivity index (χ0n) is 11.1. The molecule has 108 valence electrons. The number of phenols is 1. The summed E-state index contributed by atoms with van der Waals surface area (Å²) >= 11 is 0. The first kappa shape index (κ1) is 14.7. The number of ether oxygens (including phenoxy) is 1. The molecule has 0 bridgehead atoms. The van der Waals surface area contributed by atoms with E-state index in [0.29, 0.717) is 0 Å². The molecule has 21 heavy (non-hydrogen) atoms. The van der Waals surface area contributed by atoms with Gasteiger partial charge < -0.3 is 9.84 Å². The summed E-state index contributed by atoms with van der Waals surface area (Å²) in [6, 6.07) is 11.6. The molecule has 7 heteroatoms. The van der Waals surface area contributed by atoms with Crippen molar-refractivity contribution in [1.82, 2.24) is 0 Å². The van der Waals surface area contributed by atoms with Gasteiger partial charge in [0.05, 0.1) is 17.6 Å². The Morgan fingerprint density at radius 1 is 1.19 bits per heavy atom. The number of hydrogen-bond donors (Lipinski definition) is 2. The Morgan fingerprint density at radius 3 is 2.43 bits per heavy atom. The molecule has 0 aliphatic rings. The molecule has 0 aromatic heterocycles. The Labute approximate surface area is 122 Å². The van der Waals surface area contributed by atoms with Crippen LogP contribution in [-0.4, -0.2) is 20.6 Å². The van der Waals surface area contributed by atoms with E-state index in [2.05, 4.69) is 4.72 Å². The average Bonchev–Trinajstić information content (AvgIpc) is 2.47. The minimum atomic E-state index is -3.89. The first-order chi connectivity index (χ1) is 9.97. The van der Waals surface area contributed by atoms with E-state index in [1.54, 1.807) is 12.1 Å². The quantitative estimate of drug-likeness (QED) is 0.900. The van der Waals surface area contributed by atoms with E-state index in [1.165, 1.54) is 37.4 Å². The van der Waals surface area contributed by atoms with Gasteiger partial charge in [-0.2, -0.15) is 5.26 Å². The van der Waals surface area contributed by atoms with Gasteiger partial charge in [-0.25, -0.2) is 8.42 Å². The molecule has 2 aromatic carbocycles. The molecule has 2 aromatic rings. The van der Waals surface area contributed by atoms with E-state index in [-0.39, 0.29) is 27.6 Å². The zero-order chi connectivity index (χ0) is 15.5. The number of methoxy groups -OCH3 is 1. The molecule has 0 saturated heterocycles. The van der Waals surface area contributed by atoms with Gasteiger partial charge in [0.2, 0.25) is 0 Å². The fraction of sp³-hybridized carbons (Fsp3) is 0.0714. The van der Waals surface area contributed by atoms with Gasteiger partial charge >= 0.3 is 0 Å². The van der Waals surface area contributed by atoms with Crippen molar-refractivity contribution < 1.29 is 18.3 Å². The van der Waals surface area contributed by atoms with Gasteiger partial charge in [-0.3, -0.25) is 4.72 Å². The van der Waals surface area contributed by atoms with Crippen molar-refractivity contribution in [2.75, 3.05) is 11.8 Å². The normalized spacial score (nSPS) is 10.7. The van der Waals surface area contributed by atoms with E-state index >= 15 is 0 Å². The van der Waals surface area contributed by atoms with Gasteiger partial charge in [0.15, 0.2) is 0 Å². The minimum Gasteiger partial charge on any atom is -0.508 e. The monoisotopic (exact) mass is 304 g/mol. The SMILES string of the molecule is COc1cccc(C#N)c1NS(=O)(=O)c1ccc(O)cc1. The maximum atomic E-state index is 12.3. The third-order valence-electron chi connectivity index (χ3n) is 2.75. The van der Waals surface area contributed by atoms with Gasteiger partial charge in [-0.15, -0.1) is 0 Å². The van der Waals surface area contributed by atoms with E-state index in [1.807, 2.05) is 6.07 Å². The summed E-state index contributed by atoms with van der Waals surface area (Å²) in [5, 5.41) is 18.3. The minimum absolute atomic E-state index is 0.0323. The first-order valence-corrected chi connectivity index (χ1v) is 7.35. The molecular weight excluding hydrogens is 292 g/mol. The molecule has 0 unspecified atom stereocenters. The number of nitrogens with one attached hydrogen (secondary N) is 1. The van der Waals surface area contributed by atoms with Crippen LogP contribution in [0.15, 0.2) is 47.4 Å². The lowest BCUT2D eigenvalue weighted by Gasteiger charge is -2.13. The van der Waals surface area contributed by atoms with Gasteiger partial charge in [0.1, 0.15) is 23.3 Å². The lowest BCUT2D eigenvalue weighted by Crippen LogP contribution is -2.14. The highest BCUT2D eigenvalue weighted by atomic mass is 32.2. The molecule has 6 nitrogen and oxygen atoms in total. The smallest absolute Gasteiger partial charge is 0.262 e. The standard InChI is InChI=1S/C14H12N2O4S/c1-20-13-4-2-3-10(9-15)14(13)16-21(18,19)12-7-5-11(17)6-8-12/h2-8,16-17H,1H3. The molecular formula is C14H12N2O4S. The largest absolute Gasteiger partial charge is 0.508 e. The van der Waals surface area contributed by atoms with Crippen molar-refractivity contribution in [3.05, 3.63) is 48.0 Å². The van der Waals surface area contributed by atoms with Crippen LogP contribution in [0.25, 0.3) is 0 Å². The molecule has 0 aliphatic carbocycles. The maximum absolute atomic E-state index is 12.3. The number of nitriles is 1. The van der Waals surface area contributed by atoms with Crippen molar-refractivity contribution in [3.8, 4) is 17.6 Å². The fourth-order valence-electron chi connectivity index (χ4n) is 1.72. The van der Waals surface area contributed by atoms with Gasteiger partial charge in [0, 0.05) is 0 Å². The molecule has 0 aliphatic heterocycles. The second kappa shape index (κ2) is 5.73. The molecule has 2 rings (SSSR count). The summed E-state index contributed by atoms with van der Waals surface area (Å²) in [7, 11) is -2.50. The number of aromatic hydroxyl groups is 1. The van der Waals surface area contributed by atoms with Crippen LogP contribution in [0.5, 0.6) is 11.5 Å². The number of phenolic OH excluding ortho intramolecular Hbond substituents is 1. The predicted octanol–water partition coefficient (Wildman–Crippen LogP) is 2.07. The molecule has 0 fully saturated rings. The molecule has 0 amide bonds. The predicted molar refractivity (Wildman–Crippen MR) is 76.6 cm³/mol. The summed E-state index contributed by atoms with van der Waals surface area (Å²) < 4.78 is 32.0. The number of para-hydroxylation sites is 1. The Hall–Kier alpha value is -2.72. The molecule has 0 radical (unpaired) electrons. The second-order valence-corrected chi connectivity index (χ2v) is 5.78. The Bertz CT molecular complexity index is 793.